The van der Waals surface area contributed by atoms with Crippen molar-refractivity contribution in [3.8, 4) is 5.69 Å². The number of hydrogen-bond donors (Lipinski definition) is 2. The van der Waals surface area contributed by atoms with Gasteiger partial charge in [0.25, 0.3) is 5.91 Å². The molecule has 1 atom stereocenters. The molecule has 1 aromatic heterocycles. The number of primary amides is 1. The van der Waals surface area contributed by atoms with E-state index in [0.717, 1.165) is 31.5 Å². The molecule has 3 rings (SSSR count). The van der Waals surface area contributed by atoms with E-state index in [-0.39, 0.29) is 24.2 Å². The van der Waals surface area contributed by atoms with Gasteiger partial charge in [-0.25, -0.2) is 13.5 Å². The highest BCUT2D eigenvalue weighted by molar-refractivity contribution is 5.92. The zero-order chi connectivity index (χ0) is 18.7. The van der Waals surface area contributed by atoms with E-state index in [1.54, 1.807) is 0 Å². The fourth-order valence-corrected chi connectivity index (χ4v) is 3.01. The lowest BCUT2D eigenvalue weighted by Gasteiger charge is -2.32. The summed E-state index contributed by atoms with van der Waals surface area (Å²) in [6.45, 7) is 1.47. The molecular weight excluding hydrogens is 344 g/mol. The average Bonchev–Trinajstić information content (AvgIpc) is 3.07. The molecule has 2 heterocycles. The number of hydrogen-bond acceptors (Lipinski definition) is 4. The predicted molar refractivity (Wildman–Crippen MR) is 89.6 cm³/mol. The molecule has 1 saturated heterocycles. The van der Waals surface area contributed by atoms with E-state index in [4.69, 9.17) is 5.73 Å². The second kappa shape index (κ2) is 7.61. The van der Waals surface area contributed by atoms with Gasteiger partial charge in [0.1, 0.15) is 0 Å². The van der Waals surface area contributed by atoms with Crippen molar-refractivity contribution in [1.29, 1.82) is 0 Å². The minimum atomic E-state index is -0.985. The third-order valence-corrected chi connectivity index (χ3v) is 4.21. The van der Waals surface area contributed by atoms with Crippen molar-refractivity contribution in [3.05, 3.63) is 47.8 Å². The molecule has 1 unspecified atom stereocenters. The first-order valence-corrected chi connectivity index (χ1v) is 8.25. The molecule has 0 spiro atoms. The van der Waals surface area contributed by atoms with Gasteiger partial charge < -0.3 is 11.1 Å². The lowest BCUT2D eigenvalue weighted by molar-refractivity contribution is -0.119. The van der Waals surface area contributed by atoms with Gasteiger partial charge in [-0.2, -0.15) is 5.10 Å². The lowest BCUT2D eigenvalue weighted by atomic mass is 10.1. The Hall–Kier alpha value is -2.81. The highest BCUT2D eigenvalue weighted by Crippen LogP contribution is 2.14. The molecule has 9 heteroatoms. The molecule has 3 N–H and O–H groups in total. The van der Waals surface area contributed by atoms with Crippen molar-refractivity contribution < 1.29 is 18.4 Å². The van der Waals surface area contributed by atoms with E-state index in [1.807, 2.05) is 4.90 Å². The number of nitrogens with two attached hydrogens (primary N) is 1. The van der Waals surface area contributed by atoms with Gasteiger partial charge in [0, 0.05) is 24.8 Å². The number of nitrogens with zero attached hydrogens (tertiary/aromatic N) is 3. The summed E-state index contributed by atoms with van der Waals surface area (Å²) < 4.78 is 27.7. The van der Waals surface area contributed by atoms with Crippen LogP contribution >= 0.6 is 0 Å². The first-order chi connectivity index (χ1) is 12.4. The highest BCUT2D eigenvalue weighted by Gasteiger charge is 2.23. The number of rotatable bonds is 5. The van der Waals surface area contributed by atoms with Gasteiger partial charge in [-0.15, -0.1) is 0 Å². The smallest absolute Gasteiger partial charge is 0.272 e. The van der Waals surface area contributed by atoms with Crippen LogP contribution in [0, 0.1) is 11.6 Å². The summed E-state index contributed by atoms with van der Waals surface area (Å²) in [5, 5.41) is 6.99. The number of benzene rings is 1. The van der Waals surface area contributed by atoms with Crippen LogP contribution in [0.1, 0.15) is 23.3 Å². The Bertz CT molecular complexity index is 823. The molecule has 1 aliphatic heterocycles. The predicted octanol–water partition coefficient (Wildman–Crippen LogP) is 0.830. The molecule has 0 aliphatic carbocycles. The number of carbonyl (C=O) groups is 2. The quantitative estimate of drug-likeness (QED) is 0.823. The summed E-state index contributed by atoms with van der Waals surface area (Å²) in [6.07, 6.45) is 3.15. The van der Waals surface area contributed by atoms with E-state index >= 15 is 0 Å². The fraction of sp³-hybridized carbons (Fsp3) is 0.353. The van der Waals surface area contributed by atoms with Crippen LogP contribution in [0.15, 0.2) is 30.5 Å². The van der Waals surface area contributed by atoms with Crippen molar-refractivity contribution >= 4 is 11.8 Å². The number of carbonyl (C=O) groups excluding carboxylic acids is 2. The molecule has 1 aromatic carbocycles. The van der Waals surface area contributed by atoms with E-state index in [9.17, 15) is 18.4 Å². The van der Waals surface area contributed by atoms with Crippen LogP contribution < -0.4 is 11.1 Å². The molecule has 2 aromatic rings. The molecule has 0 radical (unpaired) electrons. The van der Waals surface area contributed by atoms with Gasteiger partial charge in [0.15, 0.2) is 17.3 Å². The summed E-state index contributed by atoms with van der Waals surface area (Å²) in [6, 6.07) is 4.77. The standard InChI is InChI=1S/C17H19F2N5O2/c18-13-4-3-12(8-14(13)19)24-7-5-15(22-24)17(26)21-11-2-1-6-23(9-11)10-16(20)25/h3-5,7-8,11H,1-2,6,9-10H2,(H2,20,25)(H,21,26). The van der Waals surface area contributed by atoms with Crippen LogP contribution in [0.4, 0.5) is 8.78 Å². The normalized spacial score (nSPS) is 17.8. The van der Waals surface area contributed by atoms with Crippen molar-refractivity contribution in [3.63, 3.8) is 0 Å². The van der Waals surface area contributed by atoms with E-state index in [0.29, 0.717) is 12.2 Å². The Morgan fingerprint density at radius 1 is 1.27 bits per heavy atom. The minimum Gasteiger partial charge on any atom is -0.369 e. The minimum absolute atomic E-state index is 0.107. The first-order valence-electron chi connectivity index (χ1n) is 8.25. The Balaban J connectivity index is 1.64. The molecule has 26 heavy (non-hydrogen) atoms. The molecule has 138 valence electrons. The fourth-order valence-electron chi connectivity index (χ4n) is 3.01. The van der Waals surface area contributed by atoms with Gasteiger partial charge in [0.2, 0.25) is 5.91 Å². The monoisotopic (exact) mass is 363 g/mol. The summed E-state index contributed by atoms with van der Waals surface area (Å²) in [4.78, 5) is 25.3. The molecule has 1 fully saturated rings. The number of piperidine rings is 1. The van der Waals surface area contributed by atoms with Crippen LogP contribution in [-0.2, 0) is 4.79 Å². The van der Waals surface area contributed by atoms with Crippen LogP contribution in [0.2, 0.25) is 0 Å². The van der Waals surface area contributed by atoms with Gasteiger partial charge in [-0.05, 0) is 37.6 Å². The molecule has 1 aliphatic rings. The van der Waals surface area contributed by atoms with Gasteiger partial charge in [-0.3, -0.25) is 14.5 Å². The van der Waals surface area contributed by atoms with Gasteiger partial charge in [0.05, 0.1) is 12.2 Å². The molecule has 7 nitrogen and oxygen atoms in total. The average molecular weight is 363 g/mol. The Morgan fingerprint density at radius 3 is 2.81 bits per heavy atom. The molecule has 0 saturated carbocycles. The Kier molecular flexibility index (Phi) is 5.27. The van der Waals surface area contributed by atoms with Crippen LogP contribution in [0.25, 0.3) is 5.69 Å². The first kappa shape index (κ1) is 18.0. The number of halogens is 2. The SMILES string of the molecule is NC(=O)CN1CCCC(NC(=O)c2ccn(-c3ccc(F)c(F)c3)n2)C1. The Labute approximate surface area is 148 Å². The Morgan fingerprint density at radius 2 is 2.08 bits per heavy atom. The lowest BCUT2D eigenvalue weighted by Crippen LogP contribution is -2.49. The number of aromatic nitrogens is 2. The molecular formula is C17H19F2N5O2. The number of likely N-dealkylation sites (tertiary alicyclic amines) is 1. The van der Waals surface area contributed by atoms with Crippen molar-refractivity contribution in [2.45, 2.75) is 18.9 Å². The third kappa shape index (κ3) is 4.23. The van der Waals surface area contributed by atoms with Crippen LogP contribution in [-0.4, -0.2) is 52.2 Å². The zero-order valence-electron chi connectivity index (χ0n) is 14.0. The largest absolute Gasteiger partial charge is 0.369 e. The topological polar surface area (TPSA) is 93.3 Å². The van der Waals surface area contributed by atoms with Crippen LogP contribution in [0.5, 0.6) is 0 Å². The maximum atomic E-state index is 13.3. The maximum absolute atomic E-state index is 13.3. The van der Waals surface area contributed by atoms with E-state index in [2.05, 4.69) is 10.4 Å². The third-order valence-electron chi connectivity index (χ3n) is 4.21. The second-order valence-electron chi connectivity index (χ2n) is 6.26. The van der Waals surface area contributed by atoms with E-state index < -0.39 is 17.5 Å². The second-order valence-corrected chi connectivity index (χ2v) is 6.26. The van der Waals surface area contributed by atoms with Crippen molar-refractivity contribution in [2.24, 2.45) is 5.73 Å². The van der Waals surface area contributed by atoms with E-state index in [1.165, 1.54) is 23.0 Å². The summed E-state index contributed by atoms with van der Waals surface area (Å²) in [7, 11) is 0. The van der Waals surface area contributed by atoms with Crippen LogP contribution in [0.3, 0.4) is 0 Å². The maximum Gasteiger partial charge on any atom is 0.272 e. The van der Waals surface area contributed by atoms with Crippen molar-refractivity contribution in [1.82, 2.24) is 20.0 Å². The number of nitrogens with one attached hydrogen (secondary N) is 1. The number of amides is 2. The molecule has 0 bridgehead atoms. The van der Waals surface area contributed by atoms with Gasteiger partial charge >= 0.3 is 0 Å². The summed E-state index contributed by atoms with van der Waals surface area (Å²) >= 11 is 0. The zero-order valence-corrected chi connectivity index (χ0v) is 14.0. The molecule has 2 amide bonds. The summed E-state index contributed by atoms with van der Waals surface area (Å²) in [5.74, 6) is -2.70. The highest BCUT2D eigenvalue weighted by atomic mass is 19.2. The van der Waals surface area contributed by atoms with Crippen molar-refractivity contribution in [2.75, 3.05) is 19.6 Å². The summed E-state index contributed by atoms with van der Waals surface area (Å²) in [5.41, 5.74) is 5.69. The van der Waals surface area contributed by atoms with Gasteiger partial charge in [-0.1, -0.05) is 0 Å².